The summed E-state index contributed by atoms with van der Waals surface area (Å²) in [6, 6.07) is 16.6. The van der Waals surface area contributed by atoms with Crippen LogP contribution in [0.2, 0.25) is 5.02 Å². The highest BCUT2D eigenvalue weighted by Gasteiger charge is 2.38. The average molecular weight is 533 g/mol. The van der Waals surface area contributed by atoms with E-state index in [0.717, 1.165) is 44.5 Å². The molecule has 0 atom stereocenters. The number of aliphatic carboxylic acids is 1. The van der Waals surface area contributed by atoms with Crippen LogP contribution in [0.5, 0.6) is 0 Å². The molecule has 0 spiro atoms. The van der Waals surface area contributed by atoms with Crippen molar-refractivity contribution in [3.8, 4) is 11.4 Å². The van der Waals surface area contributed by atoms with Crippen LogP contribution in [-0.2, 0) is 16.1 Å². The van der Waals surface area contributed by atoms with E-state index in [0.29, 0.717) is 25.8 Å². The molecule has 1 aliphatic rings. The van der Waals surface area contributed by atoms with E-state index in [9.17, 15) is 13.2 Å². The van der Waals surface area contributed by atoms with Crippen molar-refractivity contribution in [3.63, 3.8) is 0 Å². The second kappa shape index (κ2) is 9.52. The smallest absolute Gasteiger partial charge is 0.475 e. The molecular formula is C24H20ClF3N6O3. The lowest BCUT2D eigenvalue weighted by Gasteiger charge is -2.25. The van der Waals surface area contributed by atoms with Gasteiger partial charge in [-0.2, -0.15) is 18.3 Å². The minimum Gasteiger partial charge on any atom is -0.475 e. The lowest BCUT2D eigenvalue weighted by molar-refractivity contribution is -0.192. The fourth-order valence-electron chi connectivity index (χ4n) is 4.10. The lowest BCUT2D eigenvalue weighted by atomic mass is 10.2. The van der Waals surface area contributed by atoms with E-state index < -0.39 is 12.1 Å². The van der Waals surface area contributed by atoms with E-state index in [-0.39, 0.29) is 0 Å². The largest absolute Gasteiger partial charge is 0.490 e. The number of carboxylic acid groups (broad SMARTS) is 1. The van der Waals surface area contributed by atoms with E-state index in [1.54, 1.807) is 0 Å². The van der Waals surface area contributed by atoms with E-state index in [4.69, 9.17) is 31.3 Å². The number of nitrogens with zero attached hydrogens (tertiary/aromatic N) is 6. The Kier molecular flexibility index (Phi) is 6.38. The third-order valence-electron chi connectivity index (χ3n) is 5.94. The fourth-order valence-corrected chi connectivity index (χ4v) is 4.31. The Labute approximate surface area is 212 Å². The minimum absolute atomic E-state index is 0.316. The number of fused-ring (bicyclic) bond motifs is 3. The molecule has 37 heavy (non-hydrogen) atoms. The van der Waals surface area contributed by atoms with E-state index in [1.165, 1.54) is 0 Å². The SMILES string of the molecule is Cc1nnc2ccc3c(cc(-c4ccn(C5COC5)n4)n3Cc3cccc(Cl)c3)n12.O=C(O)C(F)(F)F. The number of carbonyl (C=O) groups is 1. The second-order valence-electron chi connectivity index (χ2n) is 8.47. The molecule has 5 aromatic rings. The van der Waals surface area contributed by atoms with E-state index in [2.05, 4.69) is 43.4 Å². The average Bonchev–Trinajstić information content (AvgIpc) is 3.50. The maximum absolute atomic E-state index is 10.6. The third kappa shape index (κ3) is 4.89. The number of halogens is 4. The molecule has 0 saturated carbocycles. The minimum atomic E-state index is -5.08. The number of rotatable bonds is 4. The van der Waals surface area contributed by atoms with Gasteiger partial charge in [-0.15, -0.1) is 10.2 Å². The van der Waals surface area contributed by atoms with Gasteiger partial charge in [-0.3, -0.25) is 9.08 Å². The predicted octanol–water partition coefficient (Wildman–Crippen LogP) is 4.76. The molecule has 0 amide bonds. The summed E-state index contributed by atoms with van der Waals surface area (Å²) in [7, 11) is 0. The molecule has 192 valence electrons. The fraction of sp³-hybridized carbons (Fsp3) is 0.250. The molecule has 0 aliphatic carbocycles. The van der Waals surface area contributed by atoms with Crippen LogP contribution < -0.4 is 0 Å². The Morgan fingerprint density at radius 2 is 1.89 bits per heavy atom. The van der Waals surface area contributed by atoms with Crippen molar-refractivity contribution >= 4 is 34.3 Å². The standard InChI is InChI=1S/C22H19ClN6O.C2HF3O2/c1-14-24-25-22-6-5-19-21(29(14)22)10-20(18-7-8-28(26-18)17-12-30-13-17)27(19)11-15-3-2-4-16(23)9-15;3-2(4,5)1(6)7/h2-10,17H,11-13H2,1H3;(H,6,7). The van der Waals surface area contributed by atoms with Crippen molar-refractivity contribution in [1.82, 2.24) is 28.9 Å². The van der Waals surface area contributed by atoms with Gasteiger partial charge < -0.3 is 14.4 Å². The van der Waals surface area contributed by atoms with Gasteiger partial charge >= 0.3 is 12.1 Å². The second-order valence-corrected chi connectivity index (χ2v) is 8.90. The third-order valence-corrected chi connectivity index (χ3v) is 6.17. The molecule has 5 heterocycles. The Balaban J connectivity index is 0.000000355. The summed E-state index contributed by atoms with van der Waals surface area (Å²) in [4.78, 5) is 8.90. The zero-order valence-electron chi connectivity index (χ0n) is 19.4. The van der Waals surface area contributed by atoms with Gasteiger partial charge in [0.15, 0.2) is 5.65 Å². The molecule has 1 fully saturated rings. The highest BCUT2D eigenvalue weighted by molar-refractivity contribution is 6.30. The van der Waals surface area contributed by atoms with Gasteiger partial charge in [-0.25, -0.2) is 4.79 Å². The summed E-state index contributed by atoms with van der Waals surface area (Å²) in [5, 5.41) is 21.2. The normalized spacial score (nSPS) is 14.0. The molecule has 1 saturated heterocycles. The number of hydrogen-bond donors (Lipinski definition) is 1. The van der Waals surface area contributed by atoms with Crippen molar-refractivity contribution in [2.45, 2.75) is 25.7 Å². The van der Waals surface area contributed by atoms with Gasteiger partial charge in [0.25, 0.3) is 0 Å². The summed E-state index contributed by atoms with van der Waals surface area (Å²) in [5.74, 6) is -1.90. The maximum Gasteiger partial charge on any atom is 0.490 e. The first-order valence-corrected chi connectivity index (χ1v) is 11.5. The molecule has 4 aromatic heterocycles. The predicted molar refractivity (Wildman–Crippen MR) is 129 cm³/mol. The molecule has 6 rings (SSSR count). The first-order chi connectivity index (χ1) is 17.6. The van der Waals surface area contributed by atoms with Crippen molar-refractivity contribution < 1.29 is 27.8 Å². The summed E-state index contributed by atoms with van der Waals surface area (Å²) < 4.78 is 43.4. The molecule has 1 aliphatic heterocycles. The zero-order valence-corrected chi connectivity index (χ0v) is 20.1. The number of ether oxygens (including phenoxy) is 1. The van der Waals surface area contributed by atoms with Gasteiger partial charge in [0.05, 0.1) is 36.0 Å². The van der Waals surface area contributed by atoms with Crippen LogP contribution in [0.25, 0.3) is 28.1 Å². The summed E-state index contributed by atoms with van der Waals surface area (Å²) in [5.41, 5.74) is 6.11. The van der Waals surface area contributed by atoms with E-state index in [1.807, 2.05) is 42.1 Å². The van der Waals surface area contributed by atoms with Crippen LogP contribution in [-0.4, -0.2) is 59.4 Å². The summed E-state index contributed by atoms with van der Waals surface area (Å²) in [6.07, 6.45) is -3.05. The number of alkyl halides is 3. The molecule has 0 bridgehead atoms. The number of aromatic nitrogens is 6. The van der Waals surface area contributed by atoms with Crippen LogP contribution >= 0.6 is 11.6 Å². The van der Waals surface area contributed by atoms with Crippen LogP contribution in [0.1, 0.15) is 17.4 Å². The van der Waals surface area contributed by atoms with Gasteiger partial charge in [0.1, 0.15) is 11.5 Å². The molecular weight excluding hydrogens is 513 g/mol. The van der Waals surface area contributed by atoms with Crippen molar-refractivity contribution in [3.05, 3.63) is 71.1 Å². The Morgan fingerprint density at radius 3 is 2.54 bits per heavy atom. The van der Waals surface area contributed by atoms with Gasteiger partial charge in [0.2, 0.25) is 0 Å². The van der Waals surface area contributed by atoms with Gasteiger partial charge in [-0.1, -0.05) is 23.7 Å². The monoisotopic (exact) mass is 532 g/mol. The van der Waals surface area contributed by atoms with Gasteiger partial charge in [-0.05, 0) is 48.9 Å². The molecule has 0 radical (unpaired) electrons. The summed E-state index contributed by atoms with van der Waals surface area (Å²) in [6.45, 7) is 4.09. The Bertz CT molecular complexity index is 1600. The number of hydrogen-bond acceptors (Lipinski definition) is 5. The van der Waals surface area contributed by atoms with Crippen LogP contribution in [0, 0.1) is 6.92 Å². The Morgan fingerprint density at radius 1 is 1.14 bits per heavy atom. The molecule has 0 unspecified atom stereocenters. The van der Waals surface area contributed by atoms with Crippen molar-refractivity contribution in [1.29, 1.82) is 0 Å². The van der Waals surface area contributed by atoms with Crippen LogP contribution in [0.4, 0.5) is 13.2 Å². The quantitative estimate of drug-likeness (QED) is 0.358. The lowest BCUT2D eigenvalue weighted by Crippen LogP contribution is -2.30. The van der Waals surface area contributed by atoms with Gasteiger partial charge in [0, 0.05) is 17.8 Å². The molecule has 13 heteroatoms. The highest BCUT2D eigenvalue weighted by Crippen LogP contribution is 2.30. The van der Waals surface area contributed by atoms with Crippen molar-refractivity contribution in [2.24, 2.45) is 0 Å². The first-order valence-electron chi connectivity index (χ1n) is 11.1. The highest BCUT2D eigenvalue weighted by atomic mass is 35.5. The molecule has 9 nitrogen and oxygen atoms in total. The topological polar surface area (TPSA) is 99.5 Å². The number of aryl methyl sites for hydroxylation is 1. The van der Waals surface area contributed by atoms with Crippen LogP contribution in [0.3, 0.4) is 0 Å². The Hall–Kier alpha value is -3.90. The molecule has 1 N–H and O–H groups in total. The number of pyridine rings is 1. The van der Waals surface area contributed by atoms with Crippen LogP contribution in [0.15, 0.2) is 54.7 Å². The molecule has 1 aromatic carbocycles. The number of carboxylic acids is 1. The zero-order chi connectivity index (χ0) is 26.3. The van der Waals surface area contributed by atoms with E-state index >= 15 is 0 Å². The summed E-state index contributed by atoms with van der Waals surface area (Å²) >= 11 is 6.25. The number of benzene rings is 1. The van der Waals surface area contributed by atoms with Crippen molar-refractivity contribution in [2.75, 3.05) is 13.2 Å². The first kappa shape index (κ1) is 24.8. The maximum atomic E-state index is 10.6.